The summed E-state index contributed by atoms with van der Waals surface area (Å²) in [7, 11) is 0. The van der Waals surface area contributed by atoms with Gasteiger partial charge in [0.25, 0.3) is 5.91 Å². The Hall–Kier alpha value is -3.70. The first-order valence-electron chi connectivity index (χ1n) is 8.05. The van der Waals surface area contributed by atoms with Crippen LogP contribution in [-0.4, -0.2) is 23.9 Å². The zero-order valence-electron chi connectivity index (χ0n) is 14.0. The van der Waals surface area contributed by atoms with Crippen LogP contribution in [0.2, 0.25) is 0 Å². The van der Waals surface area contributed by atoms with Gasteiger partial charge in [0, 0.05) is 18.4 Å². The third kappa shape index (κ3) is 3.68. The molecule has 0 aliphatic carbocycles. The van der Waals surface area contributed by atoms with E-state index in [0.29, 0.717) is 28.1 Å². The predicted molar refractivity (Wildman–Crippen MR) is 98.3 cm³/mol. The minimum absolute atomic E-state index is 0.00560. The fourth-order valence-corrected chi connectivity index (χ4v) is 2.79. The molecule has 0 atom stereocenters. The molecule has 126 valence electrons. The number of hydrogen-bond donors (Lipinski definition) is 1. The SMILES string of the molecule is C#CCNC(=O)c1ccc2c(c1)CC(=O)CC(c1cccc(C#N)c1)=N2. The van der Waals surface area contributed by atoms with Crippen molar-refractivity contribution in [2.24, 2.45) is 4.99 Å². The van der Waals surface area contributed by atoms with Gasteiger partial charge >= 0.3 is 0 Å². The predicted octanol–water partition coefficient (Wildman–Crippen LogP) is 2.56. The first-order chi connectivity index (χ1) is 12.6. The third-order valence-electron chi connectivity index (χ3n) is 4.03. The van der Waals surface area contributed by atoms with Crippen LogP contribution in [0.15, 0.2) is 47.5 Å². The smallest absolute Gasteiger partial charge is 0.252 e. The summed E-state index contributed by atoms with van der Waals surface area (Å²) in [6, 6.07) is 14.2. The summed E-state index contributed by atoms with van der Waals surface area (Å²) in [5, 5.41) is 11.7. The molecular formula is C21H15N3O2. The summed E-state index contributed by atoms with van der Waals surface area (Å²) in [5.41, 5.74) is 3.69. The summed E-state index contributed by atoms with van der Waals surface area (Å²) in [5.74, 6) is 2.07. The van der Waals surface area contributed by atoms with Gasteiger partial charge in [-0.1, -0.05) is 18.1 Å². The lowest BCUT2D eigenvalue weighted by molar-refractivity contribution is -0.117. The molecule has 1 heterocycles. The van der Waals surface area contributed by atoms with Crippen LogP contribution in [-0.2, 0) is 11.2 Å². The van der Waals surface area contributed by atoms with Crippen LogP contribution in [0.5, 0.6) is 0 Å². The molecule has 0 aromatic heterocycles. The monoisotopic (exact) mass is 341 g/mol. The number of amides is 1. The second-order valence-corrected chi connectivity index (χ2v) is 5.87. The lowest BCUT2D eigenvalue weighted by Gasteiger charge is -2.07. The van der Waals surface area contributed by atoms with Crippen molar-refractivity contribution in [3.05, 3.63) is 64.7 Å². The maximum atomic E-state index is 12.4. The topological polar surface area (TPSA) is 82.3 Å². The molecule has 26 heavy (non-hydrogen) atoms. The zero-order valence-corrected chi connectivity index (χ0v) is 14.0. The maximum absolute atomic E-state index is 12.4. The second kappa shape index (κ2) is 7.46. The number of fused-ring (bicyclic) bond motifs is 1. The van der Waals surface area contributed by atoms with E-state index in [1.807, 2.05) is 6.07 Å². The van der Waals surface area contributed by atoms with E-state index in [2.05, 4.69) is 22.3 Å². The number of terminal acetylenes is 1. The Bertz CT molecular complexity index is 1010. The number of aliphatic imine (C=N–C) groups is 1. The molecule has 0 radical (unpaired) electrons. The van der Waals surface area contributed by atoms with Crippen molar-refractivity contribution in [1.29, 1.82) is 5.26 Å². The Labute approximate surface area is 151 Å². The third-order valence-corrected chi connectivity index (χ3v) is 4.03. The maximum Gasteiger partial charge on any atom is 0.252 e. The Morgan fingerprint density at radius 3 is 2.85 bits per heavy atom. The highest BCUT2D eigenvalue weighted by atomic mass is 16.1. The van der Waals surface area contributed by atoms with Gasteiger partial charge in [-0.25, -0.2) is 0 Å². The lowest BCUT2D eigenvalue weighted by Crippen LogP contribution is -2.23. The van der Waals surface area contributed by atoms with Crippen molar-refractivity contribution in [2.45, 2.75) is 12.8 Å². The highest BCUT2D eigenvalue weighted by Gasteiger charge is 2.19. The Balaban J connectivity index is 1.99. The van der Waals surface area contributed by atoms with Crippen LogP contribution in [0, 0.1) is 23.7 Å². The van der Waals surface area contributed by atoms with Gasteiger partial charge in [0.15, 0.2) is 0 Å². The average Bonchev–Trinajstić information content (AvgIpc) is 2.83. The molecule has 0 spiro atoms. The average molecular weight is 341 g/mol. The molecule has 1 N–H and O–H groups in total. The van der Waals surface area contributed by atoms with Crippen molar-refractivity contribution >= 4 is 23.1 Å². The van der Waals surface area contributed by atoms with Crippen LogP contribution in [0.25, 0.3) is 0 Å². The molecule has 2 aromatic carbocycles. The largest absolute Gasteiger partial charge is 0.341 e. The summed E-state index contributed by atoms with van der Waals surface area (Å²) < 4.78 is 0. The number of Topliss-reactive ketones (excluding diaryl/α,β-unsaturated/α-hetero) is 1. The van der Waals surface area contributed by atoms with Crippen molar-refractivity contribution in [1.82, 2.24) is 5.32 Å². The minimum Gasteiger partial charge on any atom is -0.341 e. The van der Waals surface area contributed by atoms with E-state index in [9.17, 15) is 9.59 Å². The molecule has 1 aliphatic heterocycles. The first-order valence-corrected chi connectivity index (χ1v) is 8.05. The normalized spacial score (nSPS) is 12.8. The quantitative estimate of drug-likeness (QED) is 0.871. The van der Waals surface area contributed by atoms with E-state index >= 15 is 0 Å². The number of benzene rings is 2. The van der Waals surface area contributed by atoms with Crippen LogP contribution in [0.4, 0.5) is 5.69 Å². The number of nitrogens with one attached hydrogen (secondary N) is 1. The molecule has 0 fully saturated rings. The van der Waals surface area contributed by atoms with Crippen molar-refractivity contribution in [3.63, 3.8) is 0 Å². The standard InChI is InChI=1S/C21H15N3O2/c1-2-8-23-21(26)16-6-7-19-17(10-16)11-18(25)12-20(24-19)15-5-3-4-14(9-15)13-22/h1,3-7,9-10H,8,11-12H2,(H,23,26). The molecule has 1 amide bonds. The fraction of sp³-hybridized carbons (Fsp3) is 0.143. The summed E-state index contributed by atoms with van der Waals surface area (Å²) in [4.78, 5) is 29.0. The fourth-order valence-electron chi connectivity index (χ4n) is 2.79. The van der Waals surface area contributed by atoms with Gasteiger partial charge in [-0.3, -0.25) is 14.6 Å². The number of hydrogen-bond acceptors (Lipinski definition) is 4. The number of carbonyl (C=O) groups is 2. The van der Waals surface area contributed by atoms with Crippen LogP contribution >= 0.6 is 0 Å². The molecule has 1 aliphatic rings. The van der Waals surface area contributed by atoms with E-state index in [4.69, 9.17) is 11.7 Å². The summed E-state index contributed by atoms with van der Waals surface area (Å²) >= 11 is 0. The number of rotatable bonds is 3. The van der Waals surface area contributed by atoms with Crippen LogP contribution in [0.3, 0.4) is 0 Å². The lowest BCUT2D eigenvalue weighted by atomic mass is 10.0. The molecule has 3 rings (SSSR count). The molecular weight excluding hydrogens is 326 g/mol. The van der Waals surface area contributed by atoms with Gasteiger partial charge in [0.05, 0.1) is 29.6 Å². The van der Waals surface area contributed by atoms with E-state index in [0.717, 1.165) is 5.56 Å². The van der Waals surface area contributed by atoms with E-state index in [1.165, 1.54) is 0 Å². The molecule has 0 saturated carbocycles. The van der Waals surface area contributed by atoms with E-state index in [1.54, 1.807) is 36.4 Å². The molecule has 0 bridgehead atoms. The number of ketones is 1. The minimum atomic E-state index is -0.284. The van der Waals surface area contributed by atoms with Crippen LogP contribution < -0.4 is 5.32 Å². The van der Waals surface area contributed by atoms with Gasteiger partial charge in [-0.05, 0) is 41.5 Å². The highest BCUT2D eigenvalue weighted by Crippen LogP contribution is 2.27. The number of nitriles is 1. The van der Waals surface area contributed by atoms with Gasteiger partial charge < -0.3 is 5.32 Å². The van der Waals surface area contributed by atoms with Gasteiger partial charge in [0.2, 0.25) is 0 Å². The molecule has 0 unspecified atom stereocenters. The molecule has 5 nitrogen and oxygen atoms in total. The Morgan fingerprint density at radius 2 is 2.08 bits per heavy atom. The second-order valence-electron chi connectivity index (χ2n) is 5.87. The first kappa shape index (κ1) is 17.1. The van der Waals surface area contributed by atoms with Crippen LogP contribution in [0.1, 0.15) is 33.5 Å². The van der Waals surface area contributed by atoms with Crippen molar-refractivity contribution in [3.8, 4) is 18.4 Å². The van der Waals surface area contributed by atoms with Gasteiger partial charge in [0.1, 0.15) is 5.78 Å². The molecule has 0 saturated heterocycles. The Kier molecular flexibility index (Phi) is 4.92. The van der Waals surface area contributed by atoms with E-state index in [-0.39, 0.29) is 31.1 Å². The molecule has 2 aromatic rings. The zero-order chi connectivity index (χ0) is 18.5. The van der Waals surface area contributed by atoms with Crippen molar-refractivity contribution in [2.75, 3.05) is 6.54 Å². The Morgan fingerprint density at radius 1 is 1.23 bits per heavy atom. The molecule has 5 heteroatoms. The van der Waals surface area contributed by atoms with Crippen molar-refractivity contribution < 1.29 is 9.59 Å². The summed E-state index contributed by atoms with van der Waals surface area (Å²) in [6.45, 7) is 0.145. The summed E-state index contributed by atoms with van der Waals surface area (Å²) in [6.07, 6.45) is 5.54. The van der Waals surface area contributed by atoms with Gasteiger partial charge in [-0.2, -0.15) is 5.26 Å². The number of carbonyl (C=O) groups excluding carboxylic acids is 2. The van der Waals surface area contributed by atoms with E-state index < -0.39 is 0 Å². The van der Waals surface area contributed by atoms with Gasteiger partial charge in [-0.15, -0.1) is 6.42 Å². The highest BCUT2D eigenvalue weighted by molar-refractivity contribution is 6.14. The number of nitrogens with zero attached hydrogens (tertiary/aromatic N) is 2.